The van der Waals surface area contributed by atoms with Crippen LogP contribution in [-0.4, -0.2) is 10.1 Å². The zero-order chi connectivity index (χ0) is 14.0. The molecule has 0 aliphatic heterocycles. The van der Waals surface area contributed by atoms with Crippen molar-refractivity contribution in [1.29, 1.82) is 0 Å². The summed E-state index contributed by atoms with van der Waals surface area (Å²) < 4.78 is 13.2. The summed E-state index contributed by atoms with van der Waals surface area (Å²) in [5.74, 6) is -0.488. The SMILES string of the molecule is C=Cc1nc(-c2cccc(F)c2)c(O)cc1C(=C)Cl.[W]. The third-order valence-corrected chi connectivity index (χ3v) is 2.82. The molecular formula is C15H11ClFNOW. The topological polar surface area (TPSA) is 33.1 Å². The number of benzene rings is 1. The van der Waals surface area contributed by atoms with Crippen LogP contribution in [0.5, 0.6) is 5.75 Å². The molecule has 0 aliphatic rings. The van der Waals surface area contributed by atoms with Crippen molar-refractivity contribution in [1.82, 2.24) is 4.98 Å². The minimum absolute atomic E-state index is 0. The second-order valence-electron chi connectivity index (χ2n) is 3.91. The minimum atomic E-state index is -0.398. The summed E-state index contributed by atoms with van der Waals surface area (Å²) in [6.45, 7) is 7.24. The van der Waals surface area contributed by atoms with Gasteiger partial charge in [0, 0.05) is 37.2 Å². The smallest absolute Gasteiger partial charge is 0.142 e. The monoisotopic (exact) mass is 459 g/mol. The molecule has 0 fully saturated rings. The number of aromatic nitrogens is 1. The first kappa shape index (κ1) is 16.6. The molecule has 0 bridgehead atoms. The average molecular weight is 460 g/mol. The van der Waals surface area contributed by atoms with E-state index >= 15 is 0 Å². The van der Waals surface area contributed by atoms with Crippen LogP contribution in [0.4, 0.5) is 4.39 Å². The molecule has 1 aromatic heterocycles. The van der Waals surface area contributed by atoms with Crippen LogP contribution in [0, 0.1) is 5.82 Å². The van der Waals surface area contributed by atoms with Gasteiger partial charge in [0.25, 0.3) is 0 Å². The van der Waals surface area contributed by atoms with Gasteiger partial charge in [-0.2, -0.15) is 0 Å². The molecule has 0 aliphatic carbocycles. The summed E-state index contributed by atoms with van der Waals surface area (Å²) in [6, 6.07) is 7.27. The van der Waals surface area contributed by atoms with Gasteiger partial charge in [0.05, 0.1) is 5.69 Å². The Morgan fingerprint density at radius 3 is 2.60 bits per heavy atom. The van der Waals surface area contributed by atoms with Crippen LogP contribution in [0.3, 0.4) is 0 Å². The van der Waals surface area contributed by atoms with E-state index in [1.807, 2.05) is 0 Å². The maximum absolute atomic E-state index is 13.2. The Bertz CT molecular complexity index is 673. The average Bonchev–Trinajstić information content (AvgIpc) is 2.38. The molecule has 20 heavy (non-hydrogen) atoms. The number of halogens is 2. The van der Waals surface area contributed by atoms with E-state index in [9.17, 15) is 9.50 Å². The van der Waals surface area contributed by atoms with Gasteiger partial charge in [-0.1, -0.05) is 36.9 Å². The van der Waals surface area contributed by atoms with E-state index in [2.05, 4.69) is 18.1 Å². The van der Waals surface area contributed by atoms with Crippen molar-refractivity contribution in [3.63, 3.8) is 0 Å². The molecule has 1 N–H and O–H groups in total. The fourth-order valence-electron chi connectivity index (χ4n) is 1.74. The third-order valence-electron chi connectivity index (χ3n) is 2.62. The Morgan fingerprint density at radius 1 is 1.35 bits per heavy atom. The van der Waals surface area contributed by atoms with E-state index in [4.69, 9.17) is 11.6 Å². The number of pyridine rings is 1. The normalized spacial score (nSPS) is 9.70. The molecule has 0 saturated heterocycles. The second-order valence-corrected chi connectivity index (χ2v) is 4.36. The largest absolute Gasteiger partial charge is 0.506 e. The summed E-state index contributed by atoms with van der Waals surface area (Å²) in [4.78, 5) is 4.24. The second kappa shape index (κ2) is 6.83. The van der Waals surface area contributed by atoms with E-state index in [0.717, 1.165) is 0 Å². The maximum atomic E-state index is 13.2. The Labute approximate surface area is 135 Å². The fourth-order valence-corrected chi connectivity index (χ4v) is 1.89. The van der Waals surface area contributed by atoms with Crippen LogP contribution in [0.15, 0.2) is 43.5 Å². The first-order chi connectivity index (χ1) is 9.02. The van der Waals surface area contributed by atoms with Gasteiger partial charge in [-0.15, -0.1) is 0 Å². The number of nitrogens with zero attached hydrogens (tertiary/aromatic N) is 1. The number of hydrogen-bond donors (Lipinski definition) is 1. The molecule has 1 aromatic carbocycles. The molecule has 1 heterocycles. The van der Waals surface area contributed by atoms with Gasteiger partial charge < -0.3 is 5.11 Å². The zero-order valence-electron chi connectivity index (χ0n) is 10.4. The van der Waals surface area contributed by atoms with Gasteiger partial charge in [0.1, 0.15) is 17.3 Å². The number of hydrogen-bond acceptors (Lipinski definition) is 2. The van der Waals surface area contributed by atoms with E-state index < -0.39 is 5.82 Å². The molecule has 0 amide bonds. The van der Waals surface area contributed by atoms with Crippen molar-refractivity contribution in [3.05, 3.63) is 60.6 Å². The summed E-state index contributed by atoms with van der Waals surface area (Å²) in [6.07, 6.45) is 1.51. The molecule has 0 saturated carbocycles. The molecule has 0 radical (unpaired) electrons. The van der Waals surface area contributed by atoms with Crippen LogP contribution in [0.1, 0.15) is 11.3 Å². The van der Waals surface area contributed by atoms with E-state index in [1.54, 1.807) is 12.1 Å². The Hall–Kier alpha value is -1.44. The molecule has 5 heteroatoms. The first-order valence-corrected chi connectivity index (χ1v) is 5.88. The summed E-state index contributed by atoms with van der Waals surface area (Å²) in [5, 5.41) is 10.2. The predicted octanol–water partition coefficient (Wildman–Crippen LogP) is 4.44. The molecule has 0 spiro atoms. The van der Waals surface area contributed by atoms with Gasteiger partial charge >= 0.3 is 0 Å². The van der Waals surface area contributed by atoms with Crippen LogP contribution in [-0.2, 0) is 21.1 Å². The Kier molecular flexibility index (Phi) is 5.67. The first-order valence-electron chi connectivity index (χ1n) is 5.50. The van der Waals surface area contributed by atoms with Crippen molar-refractivity contribution in [2.75, 3.05) is 0 Å². The van der Waals surface area contributed by atoms with Crippen molar-refractivity contribution in [2.45, 2.75) is 0 Å². The van der Waals surface area contributed by atoms with E-state index in [1.165, 1.54) is 24.3 Å². The minimum Gasteiger partial charge on any atom is -0.506 e. The van der Waals surface area contributed by atoms with Crippen LogP contribution >= 0.6 is 11.6 Å². The quantitative estimate of drug-likeness (QED) is 0.736. The third kappa shape index (κ3) is 3.36. The van der Waals surface area contributed by atoms with Gasteiger partial charge in [-0.3, -0.25) is 0 Å². The van der Waals surface area contributed by atoms with Gasteiger partial charge in [0.15, 0.2) is 0 Å². The van der Waals surface area contributed by atoms with Crippen LogP contribution < -0.4 is 0 Å². The standard InChI is InChI=1S/C15H11ClFNO.W/c1-3-13-12(9(2)16)8-14(19)15(18-13)10-5-4-6-11(17)7-10;/h3-8,19H,1-2H2;. The van der Waals surface area contributed by atoms with Crippen molar-refractivity contribution in [3.8, 4) is 17.0 Å². The van der Waals surface area contributed by atoms with Crippen molar-refractivity contribution >= 4 is 22.7 Å². The van der Waals surface area contributed by atoms with Gasteiger partial charge in [-0.05, 0) is 24.3 Å². The number of rotatable bonds is 3. The molecule has 2 aromatic rings. The van der Waals surface area contributed by atoms with E-state index in [0.29, 0.717) is 16.8 Å². The number of aromatic hydroxyl groups is 1. The summed E-state index contributed by atoms with van der Waals surface area (Å²) >= 11 is 5.83. The molecule has 2 rings (SSSR count). The van der Waals surface area contributed by atoms with E-state index in [-0.39, 0.29) is 37.5 Å². The van der Waals surface area contributed by atoms with Crippen molar-refractivity contribution in [2.24, 2.45) is 0 Å². The molecule has 102 valence electrons. The van der Waals surface area contributed by atoms with Gasteiger partial charge in [-0.25, -0.2) is 9.37 Å². The molecule has 2 nitrogen and oxygen atoms in total. The van der Waals surface area contributed by atoms with Crippen LogP contribution in [0.25, 0.3) is 22.4 Å². The predicted molar refractivity (Wildman–Crippen MR) is 76.3 cm³/mol. The Morgan fingerprint density at radius 2 is 2.05 bits per heavy atom. The molecule has 0 atom stereocenters. The molecule has 0 unspecified atom stereocenters. The van der Waals surface area contributed by atoms with Gasteiger partial charge in [0.2, 0.25) is 0 Å². The zero-order valence-corrected chi connectivity index (χ0v) is 14.1. The molecular weight excluding hydrogens is 448 g/mol. The maximum Gasteiger partial charge on any atom is 0.142 e. The van der Waals surface area contributed by atoms with Crippen LogP contribution in [0.2, 0.25) is 0 Å². The summed E-state index contributed by atoms with van der Waals surface area (Å²) in [5.41, 5.74) is 1.73. The fraction of sp³-hybridized carbons (Fsp3) is 0. The van der Waals surface area contributed by atoms with Crippen molar-refractivity contribution < 1.29 is 30.6 Å². The Balaban J connectivity index is 0.00000200. The summed E-state index contributed by atoms with van der Waals surface area (Å²) in [7, 11) is 0.